The number of hydrogen-bond donors (Lipinski definition) is 1. The van der Waals surface area contributed by atoms with E-state index >= 15 is 0 Å². The molecule has 0 saturated carbocycles. The van der Waals surface area contributed by atoms with E-state index in [1.165, 1.54) is 18.7 Å². The first kappa shape index (κ1) is 29.6. The molecule has 1 unspecified atom stereocenters. The summed E-state index contributed by atoms with van der Waals surface area (Å²) in [6, 6.07) is 5.29. The van der Waals surface area contributed by atoms with Gasteiger partial charge in [0.15, 0.2) is 29.8 Å². The zero-order chi connectivity index (χ0) is 29.0. The number of amides is 1. The van der Waals surface area contributed by atoms with Gasteiger partial charge in [-0.15, -0.1) is 0 Å². The molecule has 3 aliphatic rings. The topological polar surface area (TPSA) is 162 Å². The van der Waals surface area contributed by atoms with Crippen molar-refractivity contribution in [2.45, 2.75) is 62.3 Å². The maximum atomic E-state index is 12.8. The number of hydrogen-bond acceptors (Lipinski definition) is 14. The lowest BCUT2D eigenvalue weighted by atomic mass is 9.99. The van der Waals surface area contributed by atoms with Gasteiger partial charge in [-0.1, -0.05) is 29.6 Å². The van der Waals surface area contributed by atoms with E-state index in [9.17, 15) is 24.0 Å². The van der Waals surface area contributed by atoms with Crippen molar-refractivity contribution >= 4 is 59.4 Å². The van der Waals surface area contributed by atoms with Crippen LogP contribution in [0.25, 0.3) is 6.08 Å². The van der Waals surface area contributed by atoms with Crippen molar-refractivity contribution in [3.05, 3.63) is 28.7 Å². The predicted molar refractivity (Wildman–Crippen MR) is 140 cm³/mol. The summed E-state index contributed by atoms with van der Waals surface area (Å²) >= 11 is 2.28. The lowest BCUT2D eigenvalue weighted by molar-refractivity contribution is -0.237. The highest BCUT2D eigenvalue weighted by atomic mass is 32.2. The van der Waals surface area contributed by atoms with Crippen molar-refractivity contribution in [2.75, 3.05) is 13.4 Å². The van der Waals surface area contributed by atoms with E-state index in [0.29, 0.717) is 16.4 Å². The molecule has 1 aromatic rings. The van der Waals surface area contributed by atoms with Crippen LogP contribution in [0.3, 0.4) is 0 Å². The molecule has 0 spiro atoms. The predicted octanol–water partition coefficient (Wildman–Crippen LogP) is 1.72. The quantitative estimate of drug-likeness (QED) is 0.262. The summed E-state index contributed by atoms with van der Waals surface area (Å²) in [5.41, 5.74) is -0.303. The molecule has 1 aromatic carbocycles. The van der Waals surface area contributed by atoms with Crippen LogP contribution < -0.4 is 14.8 Å². The van der Waals surface area contributed by atoms with Crippen LogP contribution in [0.4, 0.5) is 0 Å². The maximum Gasteiger partial charge on any atom is 0.303 e. The zero-order valence-corrected chi connectivity index (χ0v) is 23.5. The summed E-state index contributed by atoms with van der Waals surface area (Å²) in [7, 11) is 0. The van der Waals surface area contributed by atoms with Crippen molar-refractivity contribution in [2.24, 2.45) is 0 Å². The molecule has 4 rings (SSSR count). The Hall–Kier alpha value is -3.43. The molecule has 216 valence electrons. The first-order valence-corrected chi connectivity index (χ1v) is 13.9. The number of rotatable bonds is 8. The van der Waals surface area contributed by atoms with Gasteiger partial charge in [0.05, 0.1) is 4.91 Å². The molecule has 0 radical (unpaired) electrons. The Kier molecular flexibility index (Phi) is 9.48. The van der Waals surface area contributed by atoms with Gasteiger partial charge < -0.3 is 38.5 Å². The van der Waals surface area contributed by atoms with Gasteiger partial charge in [0.2, 0.25) is 6.79 Å². The first-order chi connectivity index (χ1) is 19.0. The molecule has 0 bridgehead atoms. The number of esters is 4. The van der Waals surface area contributed by atoms with Gasteiger partial charge in [0, 0.05) is 27.7 Å². The summed E-state index contributed by atoms with van der Waals surface area (Å²) in [6.45, 7) is 4.44. The number of ether oxygens (including phenoxy) is 7. The van der Waals surface area contributed by atoms with Crippen molar-refractivity contribution in [3.63, 3.8) is 0 Å². The van der Waals surface area contributed by atoms with Gasteiger partial charge in [0.25, 0.3) is 5.91 Å². The fraction of sp³-hybridized carbons (Fsp3) is 0.480. The monoisotopic (exact) mass is 597 g/mol. The van der Waals surface area contributed by atoms with Gasteiger partial charge in [-0.3, -0.25) is 24.0 Å². The molecule has 2 fully saturated rings. The highest BCUT2D eigenvalue weighted by molar-refractivity contribution is 8.19. The van der Waals surface area contributed by atoms with Crippen LogP contribution >= 0.6 is 23.5 Å². The fourth-order valence-electron chi connectivity index (χ4n) is 4.11. The van der Waals surface area contributed by atoms with Crippen LogP contribution in [-0.2, 0) is 47.7 Å². The number of carbonyl (C=O) groups is 5. The Labute approximate surface area is 237 Å². The second-order valence-electron chi connectivity index (χ2n) is 8.75. The summed E-state index contributed by atoms with van der Waals surface area (Å²) < 4.78 is 37.6. The molecule has 3 heterocycles. The minimum atomic E-state index is -1.29. The van der Waals surface area contributed by atoms with E-state index in [1.807, 2.05) is 0 Å². The average molecular weight is 598 g/mol. The number of benzene rings is 1. The van der Waals surface area contributed by atoms with E-state index in [-0.39, 0.29) is 19.3 Å². The molecule has 0 aliphatic carbocycles. The Balaban J connectivity index is 1.57. The molecule has 13 nitrogen and oxygen atoms in total. The maximum absolute atomic E-state index is 12.8. The molecule has 1 amide bonds. The van der Waals surface area contributed by atoms with E-state index in [2.05, 4.69) is 5.32 Å². The molecule has 6 atom stereocenters. The van der Waals surface area contributed by atoms with Gasteiger partial charge in [0.1, 0.15) is 22.9 Å². The van der Waals surface area contributed by atoms with Gasteiger partial charge in [-0.2, -0.15) is 0 Å². The second kappa shape index (κ2) is 12.8. The lowest BCUT2D eigenvalue weighted by Crippen LogP contribution is -2.61. The smallest absolute Gasteiger partial charge is 0.303 e. The van der Waals surface area contributed by atoms with Gasteiger partial charge in [-0.25, -0.2) is 0 Å². The Bertz CT molecular complexity index is 1220. The Morgan fingerprint density at radius 2 is 1.60 bits per heavy atom. The fourth-order valence-corrected chi connectivity index (χ4v) is 6.73. The molecule has 0 aromatic heterocycles. The van der Waals surface area contributed by atoms with Crippen molar-refractivity contribution < 1.29 is 57.1 Å². The van der Waals surface area contributed by atoms with Crippen LogP contribution in [0.2, 0.25) is 0 Å². The van der Waals surface area contributed by atoms with Gasteiger partial charge >= 0.3 is 23.9 Å². The van der Waals surface area contributed by atoms with Crippen LogP contribution in [-0.4, -0.2) is 77.7 Å². The van der Waals surface area contributed by atoms with Crippen LogP contribution in [0.15, 0.2) is 23.1 Å². The largest absolute Gasteiger partial charge is 0.463 e. The summed E-state index contributed by atoms with van der Waals surface area (Å²) in [5, 5.41) is 2.83. The van der Waals surface area contributed by atoms with E-state index in [0.717, 1.165) is 38.1 Å². The van der Waals surface area contributed by atoms with E-state index in [4.69, 9.17) is 33.2 Å². The number of nitrogens with one attached hydrogen (secondary N) is 1. The normalized spacial score (nSPS) is 28.0. The van der Waals surface area contributed by atoms with Crippen molar-refractivity contribution in [1.29, 1.82) is 0 Å². The third kappa shape index (κ3) is 7.40. The Morgan fingerprint density at radius 3 is 2.27 bits per heavy atom. The van der Waals surface area contributed by atoms with E-state index in [1.54, 1.807) is 24.3 Å². The highest BCUT2D eigenvalue weighted by Gasteiger charge is 2.53. The standard InChI is InChI=1S/C25H27NO12S2/c1-11(27)32-9-18-20(35-12(2)28)21(36-13(3)29)22(37-14(4)30)24(38-18)40-25-26-23(31)19(39-25)8-15-5-6-16-17(7-15)34-10-33-16/h5-8,18,20-22,24-25H,9-10H2,1-4H3,(H,26,31)/b19-8-/t18-,20+,21+,22-,24+,25?/m1/s1. The molecule has 1 N–H and O–H groups in total. The lowest BCUT2D eigenvalue weighted by Gasteiger charge is -2.44. The van der Waals surface area contributed by atoms with Gasteiger partial charge in [-0.05, 0) is 23.8 Å². The molecule has 3 aliphatic heterocycles. The highest BCUT2D eigenvalue weighted by Crippen LogP contribution is 2.43. The third-order valence-electron chi connectivity index (χ3n) is 5.61. The number of thioether (sulfide) groups is 2. The van der Waals surface area contributed by atoms with Crippen molar-refractivity contribution in [3.8, 4) is 11.5 Å². The minimum Gasteiger partial charge on any atom is -0.463 e. The summed E-state index contributed by atoms with van der Waals surface area (Å²) in [4.78, 5) is 60.6. The summed E-state index contributed by atoms with van der Waals surface area (Å²) in [6.07, 6.45) is -3.16. The van der Waals surface area contributed by atoms with E-state index < -0.39 is 58.4 Å². The van der Waals surface area contributed by atoms with Crippen LogP contribution in [0.1, 0.15) is 33.3 Å². The third-order valence-corrected chi connectivity index (χ3v) is 8.13. The first-order valence-electron chi connectivity index (χ1n) is 12.0. The minimum absolute atomic E-state index is 0.124. The Morgan fingerprint density at radius 1 is 0.950 bits per heavy atom. The molecule has 40 heavy (non-hydrogen) atoms. The summed E-state index contributed by atoms with van der Waals surface area (Å²) in [5.74, 6) is -1.92. The van der Waals surface area contributed by atoms with Crippen LogP contribution in [0, 0.1) is 0 Å². The molecular weight excluding hydrogens is 570 g/mol. The molecular formula is C25H27NO12S2. The van der Waals surface area contributed by atoms with Crippen molar-refractivity contribution in [1.82, 2.24) is 5.32 Å². The molecule has 15 heteroatoms. The SMILES string of the molecule is CC(=O)OC[C@H]1O[C@@H](SC2NC(=O)/C(=C/c3ccc4c(c3)OCO4)S2)[C@H](OC(C)=O)[C@@H](OC(C)=O)[C@H]1OC(C)=O. The number of fused-ring (bicyclic) bond motifs is 1. The second-order valence-corrected chi connectivity index (χ2v) is 11.4. The zero-order valence-electron chi connectivity index (χ0n) is 21.9. The number of carbonyl (C=O) groups excluding carboxylic acids is 5. The average Bonchev–Trinajstić information content (AvgIpc) is 3.46. The van der Waals surface area contributed by atoms with Crippen LogP contribution in [0.5, 0.6) is 11.5 Å². The molecule has 2 saturated heterocycles.